The molecule has 574 valence electrons. The van der Waals surface area contributed by atoms with Crippen LogP contribution in [0.5, 0.6) is 0 Å². The van der Waals surface area contributed by atoms with E-state index in [0.717, 1.165) is 0 Å². The summed E-state index contributed by atoms with van der Waals surface area (Å²) in [7, 11) is 0. The number of aliphatic carboxylic acids is 1. The van der Waals surface area contributed by atoms with Crippen molar-refractivity contribution in [3.63, 3.8) is 0 Å². The summed E-state index contributed by atoms with van der Waals surface area (Å²) in [6, 6.07) is 34.1. The number of ether oxygens (including phenoxy) is 4. The first-order valence-corrected chi connectivity index (χ1v) is 36.5. The molecule has 11 N–H and O–H groups in total. The Kier molecular flexibility index (Phi) is 32.8. The molecule has 2 heterocycles. The molecule has 4 aromatic carbocycles. The molecule has 16 unspecified atom stereocenters. The van der Waals surface area contributed by atoms with Crippen LogP contribution in [0.25, 0.3) is 0 Å². The summed E-state index contributed by atoms with van der Waals surface area (Å²) in [4.78, 5) is 71.9. The van der Waals surface area contributed by atoms with E-state index < -0.39 is 140 Å². The fraction of sp³-hybridized carbons (Fsp3) is 0.598. The summed E-state index contributed by atoms with van der Waals surface area (Å²) in [5.41, 5.74) is -5.56. The zero-order valence-corrected chi connectivity index (χ0v) is 83.7. The number of amides is 2. The summed E-state index contributed by atoms with van der Waals surface area (Å²) < 4.78 is 23.6. The number of rotatable bonds is 16. The number of hydrogen-bond donors (Lipinski definition) is 11. The van der Waals surface area contributed by atoms with Crippen molar-refractivity contribution >= 4 is 29.4 Å². The third kappa shape index (κ3) is 17.0. The number of nitrogens with one attached hydrogen (secondary N) is 2. The second-order valence-electron chi connectivity index (χ2n) is 32.9. The van der Waals surface area contributed by atoms with E-state index in [4.69, 9.17) is 23.8 Å². The molecule has 2 saturated heterocycles. The van der Waals surface area contributed by atoms with E-state index in [1.165, 1.54) is 0 Å². The van der Waals surface area contributed by atoms with Gasteiger partial charge in [-0.3, -0.25) is 24.4 Å². The van der Waals surface area contributed by atoms with Gasteiger partial charge in [0.15, 0.2) is 17.7 Å². The molecule has 4 radical (unpaired) electrons. The number of hydrogen-bond acceptors (Lipinski definition) is 18. The van der Waals surface area contributed by atoms with Gasteiger partial charge in [-0.25, -0.2) is 9.68 Å². The molecule has 0 aromatic heterocycles. The second kappa shape index (κ2) is 36.9. The van der Waals surface area contributed by atoms with Gasteiger partial charge in [0.25, 0.3) is 11.8 Å². The molecule has 23 atom stereocenters. The molecule has 4 bridgehead atoms. The van der Waals surface area contributed by atoms with Crippen LogP contribution >= 0.6 is 0 Å². The van der Waals surface area contributed by atoms with Crippen molar-refractivity contribution in [2.45, 2.75) is 232 Å². The maximum absolute atomic E-state index is 14.8. The van der Waals surface area contributed by atoms with Gasteiger partial charge in [0, 0.05) is 233 Å². The number of carboxylic acids is 1. The standard InChI is InChI=1S/C41H55NO9.C22H34O6.C19H21NO4.4Ac/c1-22(2)50-34(31(26-15-11-9-12-16-26)42-37(45)27-17-13-10-14-18-27)33(51-48)28-20-41(47)25(5)35-39(8,23(3)19-29-40(35,46)21-49-29)36(44)32(43)30(24(28)4)38(41,6)7;1-10-7-14-21(26,9-28-14)17-12(3)22(27)8-13(23)11(2)15(19(22,4)5)16(24)18(25)20(10,17)6;1-13(2)24-17(19(22)23)16(14-9-5-3-6-10-14)20-18(21)15-11-7-4-8-12-15;;;;/h9-18,22-23,25,28-29,31-35,43,46-48H,19-21H2,1-8H3,(H,42,45);10,12-14,16-17,23-24,26-27H,7-9H2,1-6H3;3-13,16-17H,1-2H3,(H,20,21)(H,22,23);;;;/t23-,25?,28?,29?,31?,32?,33+,34?,35?,39+,40-,41?;10-,12?,13?,14?,16?,17?,20+,21-,22?;;;;;/m00...../s1. The number of ketones is 2. The maximum atomic E-state index is 14.8. The van der Waals surface area contributed by atoms with Crippen molar-refractivity contribution < 1.29 is 270 Å². The predicted molar refractivity (Wildman–Crippen MR) is 383 cm³/mol. The number of carboxylic acid groups (broad SMARTS) is 1. The molecular weight excluding hydrogens is 2220 g/mol. The number of aliphatic hydroxyl groups excluding tert-OH is 3. The Balaban J connectivity index is 0.000000271. The zero-order valence-electron chi connectivity index (χ0n) is 64.7. The SMILES string of the molecule is CC(C)OC(C(=O)O)C(NC(=O)c1ccccc1)c1ccccc1.CC1=C2C(O)C(=O)[C@@]3(C)C(C(C)C(O)(CC1O)C2(C)C)[C@]1(O)COC1C[C@@H]3C.CC1=C2C(O)C(=O)[C@@]3(C)C(C(C)C(O)(CC1[C@@H](OO)C(OC(C)C)C(NC(=O)c1ccccc1)c1ccccc1)C2(C)C)[C@]1(O)COC1C[C@@H]3C.[Ac].[Ac].[Ac].[Ac]. The molecule has 21 nitrogen and oxygen atoms in total. The molecule has 25 heteroatoms. The summed E-state index contributed by atoms with van der Waals surface area (Å²) in [5, 5.41) is 110. The average molecular weight is 2340 g/mol. The van der Waals surface area contributed by atoms with Gasteiger partial charge in [0.1, 0.15) is 35.6 Å². The number of carbonyl (C=O) groups is 5. The number of fused-ring (bicyclic) bond motifs is 10. The number of Topliss-reactive ketones (excluding diaryl/α,β-unsaturated/α-hetero) is 2. The van der Waals surface area contributed by atoms with Crippen LogP contribution in [0.3, 0.4) is 0 Å². The summed E-state index contributed by atoms with van der Waals surface area (Å²) in [6.45, 7) is 29.6. The van der Waals surface area contributed by atoms with E-state index in [1.54, 1.807) is 93.6 Å². The Bertz CT molecular complexity index is 3840. The molecule has 2 amide bonds. The molecule has 6 aliphatic carbocycles. The van der Waals surface area contributed by atoms with Gasteiger partial charge in [0.2, 0.25) is 0 Å². The van der Waals surface area contributed by atoms with E-state index >= 15 is 0 Å². The van der Waals surface area contributed by atoms with E-state index in [9.17, 15) is 70.1 Å². The van der Waals surface area contributed by atoms with Crippen LogP contribution in [0.1, 0.15) is 180 Å². The molecule has 4 aromatic rings. The minimum Gasteiger partial charge on any atom is -0.479 e. The van der Waals surface area contributed by atoms with Crippen LogP contribution in [0.15, 0.2) is 144 Å². The van der Waals surface area contributed by atoms with Crippen molar-refractivity contribution in [2.75, 3.05) is 13.2 Å². The van der Waals surface area contributed by atoms with Crippen LogP contribution in [-0.2, 0) is 38.2 Å². The van der Waals surface area contributed by atoms with Gasteiger partial charge in [-0.1, -0.05) is 172 Å². The Morgan fingerprint density at radius 1 is 0.523 bits per heavy atom. The summed E-state index contributed by atoms with van der Waals surface area (Å²) in [5.74, 6) is -6.16. The number of benzene rings is 4. The van der Waals surface area contributed by atoms with Crippen LogP contribution in [0, 0.1) is 239 Å². The Morgan fingerprint density at radius 3 is 1.23 bits per heavy atom. The maximum Gasteiger partial charge on any atom is 0.335 e. The van der Waals surface area contributed by atoms with E-state index in [1.807, 2.05) is 139 Å². The third-order valence-corrected chi connectivity index (χ3v) is 26.3. The third-order valence-electron chi connectivity index (χ3n) is 26.3. The molecule has 0 spiro atoms. The molecule has 107 heavy (non-hydrogen) atoms. The van der Waals surface area contributed by atoms with Crippen LogP contribution < -0.4 is 10.6 Å². The van der Waals surface area contributed by atoms with Gasteiger partial charge in [-0.2, -0.15) is 0 Å². The first-order valence-electron chi connectivity index (χ1n) is 36.5. The fourth-order valence-electron chi connectivity index (χ4n) is 20.2. The predicted octanol–water partition coefficient (Wildman–Crippen LogP) is 9.51. The molecule has 12 rings (SSSR count). The van der Waals surface area contributed by atoms with Crippen LogP contribution in [0.4, 0.5) is 0 Å². The van der Waals surface area contributed by atoms with Crippen LogP contribution in [-0.4, -0.2) is 172 Å². The van der Waals surface area contributed by atoms with Crippen molar-refractivity contribution in [1.82, 2.24) is 10.6 Å². The molecule has 4 saturated carbocycles. The number of aliphatic hydroxyl groups is 7. The largest absolute Gasteiger partial charge is 0.479 e. The summed E-state index contributed by atoms with van der Waals surface area (Å²) >= 11 is 0. The normalized spacial score (nSPS) is 35.5. The van der Waals surface area contributed by atoms with Crippen molar-refractivity contribution in [3.8, 4) is 0 Å². The van der Waals surface area contributed by atoms with E-state index in [0.29, 0.717) is 57.4 Å². The fourth-order valence-corrected chi connectivity index (χ4v) is 20.2. The Labute approximate surface area is 773 Å². The molecule has 6 fully saturated rings. The Hall–Kier alpha value is -0.644. The van der Waals surface area contributed by atoms with Crippen LogP contribution in [0.2, 0.25) is 0 Å². The monoisotopic (exact) mass is 2330 g/mol. The van der Waals surface area contributed by atoms with E-state index in [2.05, 4.69) is 10.6 Å². The van der Waals surface area contributed by atoms with E-state index in [-0.39, 0.29) is 250 Å². The first-order chi connectivity index (χ1) is 48.2. The van der Waals surface area contributed by atoms with Crippen molar-refractivity contribution in [1.29, 1.82) is 0 Å². The zero-order chi connectivity index (χ0) is 75.8. The molecular formula is C82H110Ac4N2O19. The topological polar surface area (TPSA) is 338 Å². The van der Waals surface area contributed by atoms with Gasteiger partial charge >= 0.3 is 5.97 Å². The summed E-state index contributed by atoms with van der Waals surface area (Å²) in [6.07, 6.45) is -7.68. The first kappa shape index (κ1) is 95.2. The van der Waals surface area contributed by atoms with Gasteiger partial charge in [0.05, 0.1) is 67.0 Å². The Morgan fingerprint density at radius 2 is 0.879 bits per heavy atom. The van der Waals surface area contributed by atoms with Gasteiger partial charge in [-0.05, 0) is 137 Å². The van der Waals surface area contributed by atoms with Gasteiger partial charge < -0.3 is 70.4 Å². The quantitative estimate of drug-likeness (QED) is 0.0282. The minimum atomic E-state index is -1.61. The molecule has 8 aliphatic rings. The number of carbonyl (C=O) groups excluding carboxylic acids is 4. The minimum absolute atomic E-state index is 0. The second-order valence-corrected chi connectivity index (χ2v) is 32.9. The van der Waals surface area contributed by atoms with Crippen molar-refractivity contribution in [3.05, 3.63) is 166 Å². The average Bonchev–Trinajstić information content (AvgIpc) is 0.681. The van der Waals surface area contributed by atoms with Gasteiger partial charge in [-0.15, -0.1) is 0 Å². The smallest absolute Gasteiger partial charge is 0.335 e. The van der Waals surface area contributed by atoms with Crippen molar-refractivity contribution in [2.24, 2.45) is 63.1 Å². The molecule has 2 aliphatic heterocycles.